The van der Waals surface area contributed by atoms with Gasteiger partial charge >= 0.3 is 0 Å². The minimum Gasteiger partial charge on any atom is -0.504 e. The fraction of sp³-hybridized carbons (Fsp3) is 0.400. The zero-order chi connectivity index (χ0) is 13.3. The monoisotopic (exact) mass is 292 g/mol. The number of morpholine rings is 1. The lowest BCUT2D eigenvalue weighted by molar-refractivity contribution is 0.0593. The number of halogens is 1. The third-order valence-electron chi connectivity index (χ3n) is 2.64. The van der Waals surface area contributed by atoms with Gasteiger partial charge in [0.25, 0.3) is 0 Å². The van der Waals surface area contributed by atoms with E-state index in [4.69, 9.17) is 22.1 Å². The van der Waals surface area contributed by atoms with Gasteiger partial charge in [-0.3, -0.25) is 0 Å². The second-order valence-electron chi connectivity index (χ2n) is 3.82. The highest BCUT2D eigenvalue weighted by atomic mass is 35.5. The Morgan fingerprint density at radius 2 is 2.22 bits per heavy atom. The number of nitrogens with zero attached hydrogens (tertiary/aromatic N) is 1. The molecule has 0 aromatic heterocycles. The van der Waals surface area contributed by atoms with E-state index in [-0.39, 0.29) is 30.3 Å². The molecule has 1 aliphatic heterocycles. The quantitative estimate of drug-likeness (QED) is 0.360. The molecule has 0 amide bonds. The maximum absolute atomic E-state index is 12.3. The Morgan fingerprint density at radius 1 is 1.50 bits per heavy atom. The smallest absolute Gasteiger partial charge is 0.248 e. The molecule has 1 atom stereocenters. The summed E-state index contributed by atoms with van der Waals surface area (Å²) in [6.07, 6.45) is 0. The van der Waals surface area contributed by atoms with Crippen molar-refractivity contribution in [3.63, 3.8) is 0 Å². The van der Waals surface area contributed by atoms with Crippen LogP contribution in [0.4, 0.5) is 5.69 Å². The number of anilines is 1. The maximum atomic E-state index is 12.3. The van der Waals surface area contributed by atoms with Gasteiger partial charge in [0.2, 0.25) is 10.0 Å². The second kappa shape index (κ2) is 4.93. The van der Waals surface area contributed by atoms with E-state index >= 15 is 0 Å². The minimum absolute atomic E-state index is 0.00968. The standard InChI is InChI=1S/C10H13ClN2O4S/c11-9-6-17-5-4-13(9)18(15,16)8-3-1-2-7(12)10(8)14/h1-3,9,14H,4-6,12H2. The number of sulfonamides is 1. The van der Waals surface area contributed by atoms with Crippen LogP contribution in [0.2, 0.25) is 0 Å². The molecule has 8 heteroatoms. The van der Waals surface area contributed by atoms with Crippen LogP contribution in [0.5, 0.6) is 5.75 Å². The third-order valence-corrected chi connectivity index (χ3v) is 5.06. The van der Waals surface area contributed by atoms with Crippen LogP contribution in [0, 0.1) is 0 Å². The number of para-hydroxylation sites is 1. The van der Waals surface area contributed by atoms with Crippen LogP contribution in [0.1, 0.15) is 0 Å². The van der Waals surface area contributed by atoms with Crippen molar-refractivity contribution in [2.75, 3.05) is 25.5 Å². The summed E-state index contributed by atoms with van der Waals surface area (Å²) in [5.41, 5.74) is 4.71. The molecule has 1 fully saturated rings. The van der Waals surface area contributed by atoms with Crippen molar-refractivity contribution < 1.29 is 18.3 Å². The fourth-order valence-electron chi connectivity index (χ4n) is 1.70. The summed E-state index contributed by atoms with van der Waals surface area (Å²) in [4.78, 5) is -0.241. The molecule has 1 unspecified atom stereocenters. The van der Waals surface area contributed by atoms with Crippen molar-refractivity contribution >= 4 is 27.3 Å². The molecular formula is C10H13ClN2O4S. The van der Waals surface area contributed by atoms with E-state index in [9.17, 15) is 13.5 Å². The number of benzene rings is 1. The van der Waals surface area contributed by atoms with Crippen LogP contribution in [-0.2, 0) is 14.8 Å². The van der Waals surface area contributed by atoms with Crippen molar-refractivity contribution in [2.24, 2.45) is 0 Å². The van der Waals surface area contributed by atoms with E-state index in [1.807, 2.05) is 0 Å². The van der Waals surface area contributed by atoms with E-state index in [1.165, 1.54) is 18.2 Å². The first-order chi connectivity index (χ1) is 8.44. The lowest BCUT2D eigenvalue weighted by Crippen LogP contribution is -2.45. The third kappa shape index (κ3) is 2.26. The summed E-state index contributed by atoms with van der Waals surface area (Å²) in [6.45, 7) is 0.528. The van der Waals surface area contributed by atoms with Crippen LogP contribution in [0.25, 0.3) is 0 Å². The number of nitrogens with two attached hydrogens (primary N) is 1. The molecule has 0 radical (unpaired) electrons. The number of phenolic OH excluding ortho intramolecular Hbond substituents is 1. The summed E-state index contributed by atoms with van der Waals surface area (Å²) in [7, 11) is -3.87. The highest BCUT2D eigenvalue weighted by Crippen LogP contribution is 2.32. The molecule has 0 bridgehead atoms. The maximum Gasteiger partial charge on any atom is 0.248 e. The van der Waals surface area contributed by atoms with Gasteiger partial charge in [-0.1, -0.05) is 6.07 Å². The number of hydrogen-bond acceptors (Lipinski definition) is 5. The number of nitrogen functional groups attached to an aromatic ring is 1. The lowest BCUT2D eigenvalue weighted by atomic mass is 10.3. The van der Waals surface area contributed by atoms with Gasteiger partial charge < -0.3 is 15.6 Å². The number of aromatic hydroxyl groups is 1. The van der Waals surface area contributed by atoms with E-state index in [1.54, 1.807) is 0 Å². The molecular weight excluding hydrogens is 280 g/mol. The first-order valence-corrected chi connectivity index (χ1v) is 7.13. The number of hydrogen-bond donors (Lipinski definition) is 2. The molecule has 3 N–H and O–H groups in total. The van der Waals surface area contributed by atoms with Crippen LogP contribution in [-0.4, -0.2) is 43.1 Å². The van der Waals surface area contributed by atoms with E-state index in [0.717, 1.165) is 4.31 Å². The first-order valence-electron chi connectivity index (χ1n) is 5.25. The average molecular weight is 293 g/mol. The molecule has 100 valence electrons. The van der Waals surface area contributed by atoms with E-state index in [0.29, 0.717) is 0 Å². The molecule has 1 saturated heterocycles. The van der Waals surface area contributed by atoms with Crippen LogP contribution < -0.4 is 5.73 Å². The molecule has 1 aromatic carbocycles. The molecule has 0 aliphatic carbocycles. The highest BCUT2D eigenvalue weighted by molar-refractivity contribution is 7.89. The Kier molecular flexibility index (Phi) is 3.67. The summed E-state index contributed by atoms with van der Waals surface area (Å²) in [5.74, 6) is -0.451. The molecule has 0 spiro atoms. The van der Waals surface area contributed by atoms with Crippen molar-refractivity contribution in [2.45, 2.75) is 10.4 Å². The van der Waals surface area contributed by atoms with Crippen molar-refractivity contribution in [3.05, 3.63) is 18.2 Å². The van der Waals surface area contributed by atoms with Gasteiger partial charge in [0.05, 0.1) is 18.9 Å². The summed E-state index contributed by atoms with van der Waals surface area (Å²) >= 11 is 5.92. The van der Waals surface area contributed by atoms with Gasteiger partial charge in [0.15, 0.2) is 5.75 Å². The minimum atomic E-state index is -3.87. The van der Waals surface area contributed by atoms with Gasteiger partial charge in [0.1, 0.15) is 10.4 Å². The lowest BCUT2D eigenvalue weighted by Gasteiger charge is -2.30. The van der Waals surface area contributed by atoms with Gasteiger partial charge in [-0.05, 0) is 12.1 Å². The Balaban J connectivity index is 2.44. The fourth-order valence-corrected chi connectivity index (χ4v) is 3.75. The Labute approximate surface area is 110 Å². The van der Waals surface area contributed by atoms with Gasteiger partial charge in [-0.2, -0.15) is 4.31 Å². The molecule has 18 heavy (non-hydrogen) atoms. The molecule has 1 heterocycles. The number of alkyl halides is 1. The van der Waals surface area contributed by atoms with Gasteiger partial charge in [0, 0.05) is 6.54 Å². The van der Waals surface area contributed by atoms with E-state index in [2.05, 4.69) is 0 Å². The number of phenols is 1. The van der Waals surface area contributed by atoms with E-state index < -0.39 is 21.3 Å². The van der Waals surface area contributed by atoms with Crippen LogP contribution in [0.15, 0.2) is 23.1 Å². The topological polar surface area (TPSA) is 92.9 Å². The average Bonchev–Trinajstić information content (AvgIpc) is 2.32. The second-order valence-corrected chi connectivity index (χ2v) is 6.18. The predicted molar refractivity (Wildman–Crippen MR) is 66.9 cm³/mol. The van der Waals surface area contributed by atoms with Crippen molar-refractivity contribution in [1.82, 2.24) is 4.31 Å². The van der Waals surface area contributed by atoms with Crippen LogP contribution >= 0.6 is 11.6 Å². The van der Waals surface area contributed by atoms with Gasteiger partial charge in [-0.25, -0.2) is 8.42 Å². The highest BCUT2D eigenvalue weighted by Gasteiger charge is 2.34. The molecule has 1 aromatic rings. The molecule has 2 rings (SSSR count). The van der Waals surface area contributed by atoms with Crippen molar-refractivity contribution in [1.29, 1.82) is 0 Å². The number of rotatable bonds is 2. The zero-order valence-electron chi connectivity index (χ0n) is 9.41. The molecule has 0 saturated carbocycles. The van der Waals surface area contributed by atoms with Crippen molar-refractivity contribution in [3.8, 4) is 5.75 Å². The Hall–Kier alpha value is -1.02. The Bertz CT molecular complexity index is 549. The SMILES string of the molecule is Nc1cccc(S(=O)(=O)N2CCOCC2Cl)c1O. The summed E-state index contributed by atoms with van der Waals surface area (Å²) < 4.78 is 30.8. The first kappa shape index (κ1) is 13.4. The number of ether oxygens (including phenoxy) is 1. The van der Waals surface area contributed by atoms with Gasteiger partial charge in [-0.15, -0.1) is 11.6 Å². The summed E-state index contributed by atoms with van der Waals surface area (Å²) in [6, 6.07) is 4.18. The largest absolute Gasteiger partial charge is 0.504 e. The Morgan fingerprint density at radius 3 is 2.89 bits per heavy atom. The van der Waals surface area contributed by atoms with Crippen LogP contribution in [0.3, 0.4) is 0 Å². The molecule has 6 nitrogen and oxygen atoms in total. The zero-order valence-corrected chi connectivity index (χ0v) is 11.0. The summed E-state index contributed by atoms with van der Waals surface area (Å²) in [5, 5.41) is 9.74. The molecule has 1 aliphatic rings. The normalized spacial score (nSPS) is 21.9. The predicted octanol–water partition coefficient (Wildman–Crippen LogP) is 0.560.